The highest BCUT2D eigenvalue weighted by Gasteiger charge is 2.16. The van der Waals surface area contributed by atoms with E-state index in [9.17, 15) is 4.79 Å². The van der Waals surface area contributed by atoms with Gasteiger partial charge in [-0.3, -0.25) is 4.79 Å². The van der Waals surface area contributed by atoms with Gasteiger partial charge >= 0.3 is 0 Å². The lowest BCUT2D eigenvalue weighted by Gasteiger charge is -2.26. The second kappa shape index (κ2) is 6.93. The van der Waals surface area contributed by atoms with Crippen LogP contribution in [0.15, 0.2) is 6.07 Å². The topological polar surface area (TPSA) is 37.3 Å². The zero-order chi connectivity index (χ0) is 14.5. The maximum atomic E-state index is 12.1. The lowest BCUT2D eigenvalue weighted by Crippen LogP contribution is -2.41. The summed E-state index contributed by atoms with van der Waals surface area (Å²) in [5, 5.41) is 3.30. The molecule has 4 nitrogen and oxygen atoms in total. The number of likely N-dealkylation sites (tertiary alicyclic amines) is 1. The molecule has 1 aromatic rings. The molecule has 1 aromatic heterocycles. The van der Waals surface area contributed by atoms with Gasteiger partial charge in [-0.25, -0.2) is 0 Å². The van der Waals surface area contributed by atoms with E-state index in [2.05, 4.69) is 36.7 Å². The molecule has 2 heterocycles. The van der Waals surface area contributed by atoms with Gasteiger partial charge in [0.25, 0.3) is 0 Å². The van der Waals surface area contributed by atoms with E-state index >= 15 is 0 Å². The van der Waals surface area contributed by atoms with Crippen LogP contribution >= 0.6 is 0 Å². The SMILES string of the molecule is CCn1c(C)cc(CNCC(=O)N2CCCCC2)c1C. The summed E-state index contributed by atoms with van der Waals surface area (Å²) in [6, 6.07) is 2.22. The molecular formula is C16H27N3O. The lowest BCUT2D eigenvalue weighted by atomic mass is 10.1. The van der Waals surface area contributed by atoms with Crippen molar-refractivity contribution in [2.45, 2.75) is 53.1 Å². The van der Waals surface area contributed by atoms with Crippen LogP contribution in [0, 0.1) is 13.8 Å². The van der Waals surface area contributed by atoms with Gasteiger partial charge < -0.3 is 14.8 Å². The molecule has 1 amide bonds. The zero-order valence-electron chi connectivity index (χ0n) is 13.0. The first-order valence-electron chi connectivity index (χ1n) is 7.77. The number of nitrogens with one attached hydrogen (secondary N) is 1. The van der Waals surface area contributed by atoms with Gasteiger partial charge in [0.05, 0.1) is 6.54 Å². The third-order valence-electron chi connectivity index (χ3n) is 4.30. The van der Waals surface area contributed by atoms with Gasteiger partial charge in [-0.2, -0.15) is 0 Å². The Morgan fingerprint density at radius 2 is 1.95 bits per heavy atom. The van der Waals surface area contributed by atoms with Crippen LogP contribution in [0.4, 0.5) is 0 Å². The third kappa shape index (κ3) is 3.42. The summed E-state index contributed by atoms with van der Waals surface area (Å²) in [6.07, 6.45) is 3.58. The number of piperidine rings is 1. The number of rotatable bonds is 5. The minimum absolute atomic E-state index is 0.244. The molecule has 0 radical (unpaired) electrons. The summed E-state index contributed by atoms with van der Waals surface area (Å²) < 4.78 is 2.31. The first-order valence-corrected chi connectivity index (χ1v) is 7.77. The number of hydrogen-bond donors (Lipinski definition) is 1. The Bertz CT molecular complexity index is 459. The molecular weight excluding hydrogens is 250 g/mol. The average Bonchev–Trinajstić information content (AvgIpc) is 2.74. The fourth-order valence-corrected chi connectivity index (χ4v) is 3.10. The number of aryl methyl sites for hydroxylation is 1. The Kier molecular flexibility index (Phi) is 5.24. The van der Waals surface area contributed by atoms with E-state index in [1.807, 2.05) is 4.90 Å². The van der Waals surface area contributed by atoms with E-state index in [0.717, 1.165) is 39.0 Å². The maximum Gasteiger partial charge on any atom is 0.236 e. The summed E-state index contributed by atoms with van der Waals surface area (Å²) in [4.78, 5) is 14.1. The van der Waals surface area contributed by atoms with E-state index in [4.69, 9.17) is 0 Å². The Hall–Kier alpha value is -1.29. The van der Waals surface area contributed by atoms with Gasteiger partial charge in [-0.15, -0.1) is 0 Å². The summed E-state index contributed by atoms with van der Waals surface area (Å²) in [5.41, 5.74) is 3.91. The molecule has 0 spiro atoms. The molecule has 4 heteroatoms. The van der Waals surface area contributed by atoms with E-state index in [1.54, 1.807) is 0 Å². The van der Waals surface area contributed by atoms with Gasteiger partial charge in [0.15, 0.2) is 0 Å². The highest BCUT2D eigenvalue weighted by Crippen LogP contribution is 2.14. The van der Waals surface area contributed by atoms with Crippen LogP contribution < -0.4 is 5.32 Å². The molecule has 1 fully saturated rings. The minimum Gasteiger partial charge on any atom is -0.349 e. The largest absolute Gasteiger partial charge is 0.349 e. The van der Waals surface area contributed by atoms with Crippen molar-refractivity contribution in [3.63, 3.8) is 0 Å². The standard InChI is InChI=1S/C16H27N3O/c1-4-19-13(2)10-15(14(19)3)11-17-12-16(20)18-8-6-5-7-9-18/h10,17H,4-9,11-12H2,1-3H3. The molecule has 0 bridgehead atoms. The van der Waals surface area contributed by atoms with Crippen molar-refractivity contribution in [3.8, 4) is 0 Å². The molecule has 20 heavy (non-hydrogen) atoms. The normalized spacial score (nSPS) is 15.7. The number of nitrogens with zero attached hydrogens (tertiary/aromatic N) is 2. The van der Waals surface area contributed by atoms with Crippen LogP contribution in [0.2, 0.25) is 0 Å². The first-order chi connectivity index (χ1) is 9.63. The number of aromatic nitrogens is 1. The molecule has 1 aliphatic heterocycles. The van der Waals surface area contributed by atoms with E-state index in [1.165, 1.54) is 23.4 Å². The molecule has 0 unspecified atom stereocenters. The van der Waals surface area contributed by atoms with Crippen LogP contribution in [0.5, 0.6) is 0 Å². The molecule has 0 aromatic carbocycles. The predicted molar refractivity (Wildman–Crippen MR) is 81.7 cm³/mol. The van der Waals surface area contributed by atoms with Crippen LogP contribution in [-0.4, -0.2) is 35.0 Å². The molecule has 1 aliphatic rings. The quantitative estimate of drug-likeness (QED) is 0.896. The highest BCUT2D eigenvalue weighted by molar-refractivity contribution is 5.78. The Morgan fingerprint density at radius 1 is 1.25 bits per heavy atom. The van der Waals surface area contributed by atoms with Gasteiger partial charge in [0, 0.05) is 37.6 Å². The zero-order valence-corrected chi connectivity index (χ0v) is 13.0. The van der Waals surface area contributed by atoms with Crippen molar-refractivity contribution in [2.24, 2.45) is 0 Å². The van der Waals surface area contributed by atoms with E-state index in [0.29, 0.717) is 6.54 Å². The average molecular weight is 277 g/mol. The number of hydrogen-bond acceptors (Lipinski definition) is 2. The second-order valence-electron chi connectivity index (χ2n) is 5.69. The number of amides is 1. The van der Waals surface area contributed by atoms with Gasteiger partial charge in [0.2, 0.25) is 5.91 Å². The first kappa shape index (κ1) is 15.1. The van der Waals surface area contributed by atoms with Gasteiger partial charge in [0.1, 0.15) is 0 Å². The Labute approximate surface area is 122 Å². The summed E-state index contributed by atoms with van der Waals surface area (Å²) >= 11 is 0. The van der Waals surface area contributed by atoms with E-state index in [-0.39, 0.29) is 5.91 Å². The molecule has 0 saturated carbocycles. The van der Waals surface area contributed by atoms with Gasteiger partial charge in [-0.05, 0) is 51.7 Å². The smallest absolute Gasteiger partial charge is 0.236 e. The molecule has 2 rings (SSSR count). The second-order valence-corrected chi connectivity index (χ2v) is 5.69. The molecule has 0 atom stereocenters. The fourth-order valence-electron chi connectivity index (χ4n) is 3.10. The van der Waals surface area contributed by atoms with Crippen molar-refractivity contribution in [1.82, 2.24) is 14.8 Å². The minimum atomic E-state index is 0.244. The Balaban J connectivity index is 1.82. The number of carbonyl (C=O) groups excluding carboxylic acids is 1. The van der Waals surface area contributed by atoms with Crippen molar-refractivity contribution < 1.29 is 4.79 Å². The van der Waals surface area contributed by atoms with E-state index < -0.39 is 0 Å². The van der Waals surface area contributed by atoms with Crippen LogP contribution in [0.3, 0.4) is 0 Å². The van der Waals surface area contributed by atoms with Crippen LogP contribution in [0.25, 0.3) is 0 Å². The summed E-state index contributed by atoms with van der Waals surface area (Å²) in [7, 11) is 0. The monoisotopic (exact) mass is 277 g/mol. The van der Waals surface area contributed by atoms with Crippen molar-refractivity contribution in [1.29, 1.82) is 0 Å². The Morgan fingerprint density at radius 3 is 2.55 bits per heavy atom. The summed E-state index contributed by atoms with van der Waals surface area (Å²) in [5.74, 6) is 0.244. The molecule has 112 valence electrons. The molecule has 1 saturated heterocycles. The maximum absolute atomic E-state index is 12.1. The molecule has 0 aliphatic carbocycles. The van der Waals surface area contributed by atoms with Crippen molar-refractivity contribution >= 4 is 5.91 Å². The fraction of sp³-hybridized carbons (Fsp3) is 0.688. The van der Waals surface area contributed by atoms with Gasteiger partial charge in [-0.1, -0.05) is 0 Å². The number of carbonyl (C=O) groups is 1. The van der Waals surface area contributed by atoms with Crippen LogP contribution in [0.1, 0.15) is 43.1 Å². The summed E-state index contributed by atoms with van der Waals surface area (Å²) in [6.45, 7) is 10.6. The van der Waals surface area contributed by atoms with Crippen LogP contribution in [-0.2, 0) is 17.9 Å². The third-order valence-corrected chi connectivity index (χ3v) is 4.30. The van der Waals surface area contributed by atoms with Crippen molar-refractivity contribution in [2.75, 3.05) is 19.6 Å². The molecule has 1 N–H and O–H groups in total. The lowest BCUT2D eigenvalue weighted by molar-refractivity contribution is -0.131. The predicted octanol–water partition coefficient (Wildman–Crippen LogP) is 2.23. The highest BCUT2D eigenvalue weighted by atomic mass is 16.2. The van der Waals surface area contributed by atoms with Crippen molar-refractivity contribution in [3.05, 3.63) is 23.0 Å².